The predicted octanol–water partition coefficient (Wildman–Crippen LogP) is 0.524. The van der Waals surface area contributed by atoms with Crippen LogP contribution in [0, 0.1) is 13.8 Å². The highest BCUT2D eigenvalue weighted by molar-refractivity contribution is 5.80. The van der Waals surface area contributed by atoms with Gasteiger partial charge >= 0.3 is 0 Å². The van der Waals surface area contributed by atoms with E-state index >= 15 is 0 Å². The van der Waals surface area contributed by atoms with Crippen molar-refractivity contribution in [2.75, 3.05) is 6.54 Å². The van der Waals surface area contributed by atoms with Gasteiger partial charge in [0.2, 0.25) is 5.91 Å². The summed E-state index contributed by atoms with van der Waals surface area (Å²) < 4.78 is 1.98. The van der Waals surface area contributed by atoms with Crippen LogP contribution >= 0.6 is 0 Å². The standard InChI is InChI=1S/C11H20N4O/c1-5-13-10(11(12)16)9(4)15-6-14-7(2)8(15)3/h6,9-10,13H,5H2,1-4H3,(H2,12,16). The highest BCUT2D eigenvalue weighted by Crippen LogP contribution is 2.16. The molecule has 1 amide bonds. The van der Waals surface area contributed by atoms with Gasteiger partial charge in [-0.3, -0.25) is 4.79 Å². The number of hydrogen-bond donors (Lipinski definition) is 2. The average Bonchev–Trinajstić information content (AvgIpc) is 2.55. The largest absolute Gasteiger partial charge is 0.368 e. The van der Waals surface area contributed by atoms with Crippen LogP contribution in [0.2, 0.25) is 0 Å². The summed E-state index contributed by atoms with van der Waals surface area (Å²) in [4.78, 5) is 15.6. The van der Waals surface area contributed by atoms with Crippen LogP contribution in [0.5, 0.6) is 0 Å². The molecule has 90 valence electrons. The summed E-state index contributed by atoms with van der Waals surface area (Å²) in [5.41, 5.74) is 7.43. The number of hydrogen-bond acceptors (Lipinski definition) is 3. The molecule has 0 spiro atoms. The fourth-order valence-electron chi connectivity index (χ4n) is 1.82. The number of carbonyl (C=O) groups excluding carboxylic acids is 1. The van der Waals surface area contributed by atoms with Gasteiger partial charge in [0.25, 0.3) is 0 Å². The molecule has 1 aromatic heterocycles. The highest BCUT2D eigenvalue weighted by Gasteiger charge is 2.24. The van der Waals surface area contributed by atoms with Gasteiger partial charge in [0, 0.05) is 5.69 Å². The van der Waals surface area contributed by atoms with E-state index < -0.39 is 0 Å². The van der Waals surface area contributed by atoms with Crippen molar-refractivity contribution in [2.45, 2.75) is 39.8 Å². The van der Waals surface area contributed by atoms with Gasteiger partial charge in [-0.1, -0.05) is 6.92 Å². The Morgan fingerprint density at radius 3 is 2.62 bits per heavy atom. The molecule has 0 aromatic carbocycles. The summed E-state index contributed by atoms with van der Waals surface area (Å²) in [6.07, 6.45) is 1.75. The molecule has 1 rings (SSSR count). The topological polar surface area (TPSA) is 72.9 Å². The fraction of sp³-hybridized carbons (Fsp3) is 0.636. The predicted molar refractivity (Wildman–Crippen MR) is 63.1 cm³/mol. The maximum Gasteiger partial charge on any atom is 0.236 e. The normalized spacial score (nSPS) is 14.8. The minimum atomic E-state index is -0.364. The van der Waals surface area contributed by atoms with Crippen LogP contribution in [0.25, 0.3) is 0 Å². The molecule has 2 atom stereocenters. The lowest BCUT2D eigenvalue weighted by Crippen LogP contribution is -2.46. The Balaban J connectivity index is 2.94. The zero-order valence-electron chi connectivity index (χ0n) is 10.3. The van der Waals surface area contributed by atoms with E-state index in [2.05, 4.69) is 10.3 Å². The van der Waals surface area contributed by atoms with Gasteiger partial charge in [-0.05, 0) is 27.3 Å². The van der Waals surface area contributed by atoms with Crippen LogP contribution in [0.15, 0.2) is 6.33 Å². The summed E-state index contributed by atoms with van der Waals surface area (Å²) in [5, 5.41) is 3.09. The summed E-state index contributed by atoms with van der Waals surface area (Å²) in [6, 6.07) is -0.393. The van der Waals surface area contributed by atoms with E-state index in [-0.39, 0.29) is 18.0 Å². The third-order valence-electron chi connectivity index (χ3n) is 2.94. The van der Waals surface area contributed by atoms with Gasteiger partial charge in [0.15, 0.2) is 0 Å². The number of primary amides is 1. The van der Waals surface area contributed by atoms with Gasteiger partial charge < -0.3 is 15.6 Å². The van der Waals surface area contributed by atoms with Crippen LogP contribution in [0.3, 0.4) is 0 Å². The lowest BCUT2D eigenvalue weighted by molar-refractivity contribution is -0.120. The van der Waals surface area contributed by atoms with Crippen LogP contribution in [0.1, 0.15) is 31.3 Å². The summed E-state index contributed by atoms with van der Waals surface area (Å²) in [5.74, 6) is -0.333. The third-order valence-corrected chi connectivity index (χ3v) is 2.94. The number of aromatic nitrogens is 2. The number of nitrogens with zero attached hydrogens (tertiary/aromatic N) is 2. The van der Waals surface area contributed by atoms with Gasteiger partial charge in [-0.15, -0.1) is 0 Å². The molecule has 0 bridgehead atoms. The molecular weight excluding hydrogens is 204 g/mol. The quantitative estimate of drug-likeness (QED) is 0.766. The number of aryl methyl sites for hydroxylation is 1. The van der Waals surface area contributed by atoms with E-state index in [0.717, 1.165) is 11.4 Å². The summed E-state index contributed by atoms with van der Waals surface area (Å²) in [6.45, 7) is 8.57. The summed E-state index contributed by atoms with van der Waals surface area (Å²) >= 11 is 0. The molecule has 0 radical (unpaired) electrons. The number of rotatable bonds is 5. The van der Waals surface area contributed by atoms with Crippen molar-refractivity contribution in [3.63, 3.8) is 0 Å². The Kier molecular flexibility index (Phi) is 4.06. The first-order chi connectivity index (χ1) is 7.49. The molecule has 0 aliphatic carbocycles. The van der Waals surface area contributed by atoms with E-state index in [1.54, 1.807) is 6.33 Å². The molecule has 1 heterocycles. The number of amides is 1. The Morgan fingerprint density at radius 1 is 1.62 bits per heavy atom. The number of nitrogens with one attached hydrogen (secondary N) is 1. The molecule has 0 saturated heterocycles. The second-order valence-electron chi connectivity index (χ2n) is 4.00. The van der Waals surface area contributed by atoms with Gasteiger partial charge in [-0.25, -0.2) is 4.98 Å². The SMILES string of the molecule is CCNC(C(N)=O)C(C)n1cnc(C)c1C. The molecule has 0 aliphatic heterocycles. The van der Waals surface area contributed by atoms with Crippen LogP contribution in [-0.2, 0) is 4.79 Å². The van der Waals surface area contributed by atoms with Crippen molar-refractivity contribution in [1.82, 2.24) is 14.9 Å². The second-order valence-corrected chi connectivity index (χ2v) is 4.00. The molecule has 1 aromatic rings. The minimum absolute atomic E-state index is 0.0290. The van der Waals surface area contributed by atoms with Crippen molar-refractivity contribution in [1.29, 1.82) is 0 Å². The first-order valence-electron chi connectivity index (χ1n) is 5.51. The molecular formula is C11H20N4O. The van der Waals surface area contributed by atoms with Gasteiger partial charge in [-0.2, -0.15) is 0 Å². The Hall–Kier alpha value is -1.36. The highest BCUT2D eigenvalue weighted by atomic mass is 16.1. The first kappa shape index (κ1) is 12.7. The minimum Gasteiger partial charge on any atom is -0.368 e. The lowest BCUT2D eigenvalue weighted by atomic mass is 10.1. The van der Waals surface area contributed by atoms with Crippen molar-refractivity contribution in [2.24, 2.45) is 5.73 Å². The number of carbonyl (C=O) groups is 1. The van der Waals surface area contributed by atoms with E-state index in [9.17, 15) is 4.79 Å². The molecule has 0 fully saturated rings. The Morgan fingerprint density at radius 2 is 2.25 bits per heavy atom. The van der Waals surface area contributed by atoms with Crippen molar-refractivity contribution in [3.8, 4) is 0 Å². The monoisotopic (exact) mass is 224 g/mol. The maximum absolute atomic E-state index is 11.3. The van der Waals surface area contributed by atoms with Gasteiger partial charge in [0.05, 0.1) is 18.1 Å². The van der Waals surface area contributed by atoms with E-state index in [0.29, 0.717) is 6.54 Å². The van der Waals surface area contributed by atoms with Crippen molar-refractivity contribution >= 4 is 5.91 Å². The first-order valence-corrected chi connectivity index (χ1v) is 5.51. The number of imidazole rings is 1. The zero-order chi connectivity index (χ0) is 12.3. The molecule has 2 unspecified atom stereocenters. The van der Waals surface area contributed by atoms with Crippen molar-refractivity contribution in [3.05, 3.63) is 17.7 Å². The van der Waals surface area contributed by atoms with E-state index in [1.807, 2.05) is 32.3 Å². The lowest BCUT2D eigenvalue weighted by Gasteiger charge is -2.24. The smallest absolute Gasteiger partial charge is 0.236 e. The number of likely N-dealkylation sites (N-methyl/N-ethyl adjacent to an activating group) is 1. The Labute approximate surface area is 96.0 Å². The van der Waals surface area contributed by atoms with E-state index in [4.69, 9.17) is 5.73 Å². The number of nitrogens with two attached hydrogens (primary N) is 1. The fourth-order valence-corrected chi connectivity index (χ4v) is 1.82. The Bertz CT molecular complexity index is 372. The molecule has 3 N–H and O–H groups in total. The van der Waals surface area contributed by atoms with Crippen LogP contribution in [-0.4, -0.2) is 28.0 Å². The third kappa shape index (κ3) is 2.41. The van der Waals surface area contributed by atoms with Crippen LogP contribution < -0.4 is 11.1 Å². The second kappa shape index (κ2) is 5.12. The van der Waals surface area contributed by atoms with E-state index in [1.165, 1.54) is 0 Å². The molecule has 5 heteroatoms. The van der Waals surface area contributed by atoms with Crippen LogP contribution in [0.4, 0.5) is 0 Å². The summed E-state index contributed by atoms with van der Waals surface area (Å²) in [7, 11) is 0. The molecule has 0 saturated carbocycles. The zero-order valence-corrected chi connectivity index (χ0v) is 10.3. The molecule has 16 heavy (non-hydrogen) atoms. The maximum atomic E-state index is 11.3. The van der Waals surface area contributed by atoms with Crippen molar-refractivity contribution < 1.29 is 4.79 Å². The molecule has 5 nitrogen and oxygen atoms in total. The van der Waals surface area contributed by atoms with Gasteiger partial charge in [0.1, 0.15) is 6.04 Å². The molecule has 0 aliphatic rings. The average molecular weight is 224 g/mol.